The standard InChI is InChI=1S/C22H33N3O3/c1-17(2)20(26)23-11-6-18(7-12-23)24-10-4-8-22(15-24)9-13-25(16-22)21(27)19-5-3-14-28-19/h3,5,14,17-18H,4,6-13,15-16H2,1-2H3/t22-/m1/s1. The first kappa shape index (κ1) is 19.5. The minimum atomic E-state index is 0.0273. The molecule has 154 valence electrons. The minimum Gasteiger partial charge on any atom is -0.459 e. The minimum absolute atomic E-state index is 0.0273. The van der Waals surface area contributed by atoms with E-state index in [1.807, 2.05) is 23.6 Å². The van der Waals surface area contributed by atoms with Gasteiger partial charge in [0.15, 0.2) is 5.76 Å². The number of carbonyl (C=O) groups is 2. The van der Waals surface area contributed by atoms with Crippen molar-refractivity contribution in [2.45, 2.75) is 52.0 Å². The van der Waals surface area contributed by atoms with Crippen LogP contribution in [-0.2, 0) is 4.79 Å². The van der Waals surface area contributed by atoms with Crippen molar-refractivity contribution < 1.29 is 14.0 Å². The van der Waals surface area contributed by atoms with E-state index in [0.717, 1.165) is 58.5 Å². The number of carbonyl (C=O) groups excluding carboxylic acids is 2. The molecule has 6 nitrogen and oxygen atoms in total. The van der Waals surface area contributed by atoms with E-state index in [0.29, 0.717) is 11.8 Å². The summed E-state index contributed by atoms with van der Waals surface area (Å²) in [4.78, 5) is 31.6. The zero-order chi connectivity index (χ0) is 19.7. The van der Waals surface area contributed by atoms with E-state index in [2.05, 4.69) is 4.90 Å². The largest absolute Gasteiger partial charge is 0.459 e. The Bertz CT molecular complexity index is 694. The van der Waals surface area contributed by atoms with Crippen LogP contribution < -0.4 is 0 Å². The highest BCUT2D eigenvalue weighted by atomic mass is 16.3. The second-order valence-electron chi connectivity index (χ2n) is 9.24. The Morgan fingerprint density at radius 2 is 1.86 bits per heavy atom. The van der Waals surface area contributed by atoms with Crippen LogP contribution >= 0.6 is 0 Å². The highest BCUT2D eigenvalue weighted by Crippen LogP contribution is 2.40. The first-order valence-corrected chi connectivity index (χ1v) is 10.8. The molecule has 0 radical (unpaired) electrons. The third kappa shape index (κ3) is 3.84. The molecule has 3 fully saturated rings. The average molecular weight is 388 g/mol. The summed E-state index contributed by atoms with van der Waals surface area (Å²) < 4.78 is 5.31. The van der Waals surface area contributed by atoms with Crippen LogP contribution in [0.4, 0.5) is 0 Å². The molecule has 0 aromatic carbocycles. The van der Waals surface area contributed by atoms with E-state index >= 15 is 0 Å². The summed E-state index contributed by atoms with van der Waals surface area (Å²) in [7, 11) is 0. The Morgan fingerprint density at radius 3 is 2.54 bits per heavy atom. The molecule has 4 rings (SSSR count). The molecule has 0 saturated carbocycles. The molecule has 3 saturated heterocycles. The summed E-state index contributed by atoms with van der Waals surface area (Å²) in [5, 5.41) is 0. The molecule has 0 bridgehead atoms. The molecule has 28 heavy (non-hydrogen) atoms. The van der Waals surface area contributed by atoms with Gasteiger partial charge in [-0.3, -0.25) is 14.5 Å². The van der Waals surface area contributed by atoms with Gasteiger partial charge < -0.3 is 14.2 Å². The van der Waals surface area contributed by atoms with Gasteiger partial charge in [0, 0.05) is 50.1 Å². The van der Waals surface area contributed by atoms with Crippen molar-refractivity contribution in [2.75, 3.05) is 39.3 Å². The number of likely N-dealkylation sites (tertiary alicyclic amines) is 3. The van der Waals surface area contributed by atoms with Crippen LogP contribution in [0.5, 0.6) is 0 Å². The molecule has 0 N–H and O–H groups in total. The molecule has 3 aliphatic rings. The Hall–Kier alpha value is -1.82. The maximum Gasteiger partial charge on any atom is 0.289 e. The average Bonchev–Trinajstić information content (AvgIpc) is 3.38. The van der Waals surface area contributed by atoms with E-state index in [4.69, 9.17) is 4.42 Å². The fourth-order valence-electron chi connectivity index (χ4n) is 5.37. The Morgan fingerprint density at radius 1 is 1.07 bits per heavy atom. The Labute approximate surface area is 167 Å². The Kier molecular flexibility index (Phi) is 5.50. The molecule has 6 heteroatoms. The van der Waals surface area contributed by atoms with Crippen molar-refractivity contribution in [1.82, 2.24) is 14.7 Å². The lowest BCUT2D eigenvalue weighted by molar-refractivity contribution is -0.136. The number of hydrogen-bond acceptors (Lipinski definition) is 4. The quantitative estimate of drug-likeness (QED) is 0.800. The third-order valence-corrected chi connectivity index (χ3v) is 6.93. The van der Waals surface area contributed by atoms with Crippen molar-refractivity contribution in [2.24, 2.45) is 11.3 Å². The first-order chi connectivity index (χ1) is 13.5. The van der Waals surface area contributed by atoms with Gasteiger partial charge in [0.05, 0.1) is 6.26 Å². The van der Waals surface area contributed by atoms with E-state index < -0.39 is 0 Å². The fourth-order valence-corrected chi connectivity index (χ4v) is 5.37. The molecule has 4 heterocycles. The molecule has 0 aliphatic carbocycles. The zero-order valence-corrected chi connectivity index (χ0v) is 17.2. The molecule has 0 unspecified atom stereocenters. The maximum absolute atomic E-state index is 12.7. The van der Waals surface area contributed by atoms with Gasteiger partial charge in [0.25, 0.3) is 5.91 Å². The van der Waals surface area contributed by atoms with Crippen molar-refractivity contribution >= 4 is 11.8 Å². The second-order valence-corrected chi connectivity index (χ2v) is 9.24. The van der Waals surface area contributed by atoms with E-state index in [1.165, 1.54) is 12.8 Å². The number of hydrogen-bond donors (Lipinski definition) is 0. The van der Waals surface area contributed by atoms with Gasteiger partial charge in [-0.1, -0.05) is 13.8 Å². The van der Waals surface area contributed by atoms with Gasteiger partial charge in [0.2, 0.25) is 5.91 Å². The molecule has 3 aliphatic heterocycles. The number of furan rings is 1. The van der Waals surface area contributed by atoms with Gasteiger partial charge in [0.1, 0.15) is 0 Å². The highest BCUT2D eigenvalue weighted by Gasteiger charge is 2.44. The van der Waals surface area contributed by atoms with Gasteiger partial charge in [-0.2, -0.15) is 0 Å². The van der Waals surface area contributed by atoms with Crippen LogP contribution in [-0.4, -0.2) is 71.8 Å². The lowest BCUT2D eigenvalue weighted by Gasteiger charge is -2.46. The highest BCUT2D eigenvalue weighted by molar-refractivity contribution is 5.91. The maximum atomic E-state index is 12.7. The SMILES string of the molecule is CC(C)C(=O)N1CCC(N2CCC[C@@]3(CCN(C(=O)c4ccco4)C3)C2)CC1. The molecule has 1 atom stereocenters. The molecule has 1 spiro atoms. The molecule has 1 aromatic rings. The smallest absolute Gasteiger partial charge is 0.289 e. The van der Waals surface area contributed by atoms with Crippen LogP contribution in [0.1, 0.15) is 56.5 Å². The van der Waals surface area contributed by atoms with Crippen LogP contribution in [0.25, 0.3) is 0 Å². The monoisotopic (exact) mass is 387 g/mol. The second kappa shape index (κ2) is 7.90. The number of amides is 2. The number of nitrogens with zero attached hydrogens (tertiary/aromatic N) is 3. The molecule has 1 aromatic heterocycles. The van der Waals surface area contributed by atoms with Gasteiger partial charge >= 0.3 is 0 Å². The summed E-state index contributed by atoms with van der Waals surface area (Å²) in [6.07, 6.45) is 7.20. The van der Waals surface area contributed by atoms with Gasteiger partial charge in [-0.25, -0.2) is 0 Å². The summed E-state index contributed by atoms with van der Waals surface area (Å²) in [5.41, 5.74) is 0.228. The lowest BCUT2D eigenvalue weighted by Crippen LogP contribution is -2.53. The van der Waals surface area contributed by atoms with Crippen molar-refractivity contribution in [3.63, 3.8) is 0 Å². The summed E-state index contributed by atoms with van der Waals surface area (Å²) in [6, 6.07) is 4.10. The van der Waals surface area contributed by atoms with Gasteiger partial charge in [-0.15, -0.1) is 0 Å². The molecular weight excluding hydrogens is 354 g/mol. The summed E-state index contributed by atoms with van der Waals surface area (Å²) >= 11 is 0. The van der Waals surface area contributed by atoms with Crippen LogP contribution in [0, 0.1) is 11.3 Å². The Balaban J connectivity index is 1.34. The zero-order valence-electron chi connectivity index (χ0n) is 17.2. The normalized spacial score (nSPS) is 27.1. The number of piperidine rings is 2. The van der Waals surface area contributed by atoms with E-state index in [9.17, 15) is 9.59 Å². The van der Waals surface area contributed by atoms with Crippen molar-refractivity contribution in [1.29, 1.82) is 0 Å². The molecule has 2 amide bonds. The van der Waals surface area contributed by atoms with Crippen molar-refractivity contribution in [3.8, 4) is 0 Å². The first-order valence-electron chi connectivity index (χ1n) is 10.8. The predicted molar refractivity (Wildman–Crippen MR) is 107 cm³/mol. The lowest BCUT2D eigenvalue weighted by atomic mass is 9.78. The van der Waals surface area contributed by atoms with Gasteiger partial charge in [-0.05, 0) is 50.8 Å². The van der Waals surface area contributed by atoms with E-state index in [-0.39, 0.29) is 23.1 Å². The number of rotatable bonds is 3. The summed E-state index contributed by atoms with van der Waals surface area (Å²) in [6.45, 7) is 9.64. The summed E-state index contributed by atoms with van der Waals surface area (Å²) in [5.74, 6) is 0.855. The predicted octanol–water partition coefficient (Wildman–Crippen LogP) is 2.85. The van der Waals surface area contributed by atoms with Crippen LogP contribution in [0.3, 0.4) is 0 Å². The topological polar surface area (TPSA) is 57.0 Å². The van der Waals surface area contributed by atoms with Crippen LogP contribution in [0.2, 0.25) is 0 Å². The third-order valence-electron chi connectivity index (χ3n) is 6.93. The fraction of sp³-hybridized carbons (Fsp3) is 0.727. The van der Waals surface area contributed by atoms with Crippen LogP contribution in [0.15, 0.2) is 22.8 Å². The molecular formula is C22H33N3O3. The van der Waals surface area contributed by atoms with Crippen molar-refractivity contribution in [3.05, 3.63) is 24.2 Å². The van der Waals surface area contributed by atoms with E-state index in [1.54, 1.807) is 18.4 Å².